The standard InChI is InChI=1S/C13H11N.C12H8N.C3H8.CH3.Y/c1-14-12-8-4-2-6-10(12)11-7-3-5-9-13(11)14;1-3-7-11-9(5-1)10-6-2-4-8-12(10)13-11;1-3-2;;/h2-9H,1H3;1-8H;3H2,1-2H3;1H3;/q;-1;;-1;. The van der Waals surface area contributed by atoms with Crippen LogP contribution in [-0.4, -0.2) is 4.57 Å². The normalized spacial score (nSPS) is 9.97. The van der Waals surface area contributed by atoms with Crippen molar-refractivity contribution in [3.63, 3.8) is 0 Å². The Bertz CT molecular complexity index is 1310. The van der Waals surface area contributed by atoms with Gasteiger partial charge in [-0.3, -0.25) is 0 Å². The third-order valence-electron chi connectivity index (χ3n) is 5.16. The van der Waals surface area contributed by atoms with Gasteiger partial charge in [-0.1, -0.05) is 105 Å². The van der Waals surface area contributed by atoms with Crippen molar-refractivity contribution in [2.75, 3.05) is 0 Å². The van der Waals surface area contributed by atoms with E-state index in [9.17, 15) is 0 Å². The molecule has 0 spiro atoms. The minimum absolute atomic E-state index is 0. The van der Waals surface area contributed by atoms with Gasteiger partial charge in [-0.2, -0.15) is 0 Å². The average molecular weight is 495 g/mol. The second kappa shape index (κ2) is 12.0. The van der Waals surface area contributed by atoms with E-state index >= 15 is 0 Å². The summed E-state index contributed by atoms with van der Waals surface area (Å²) in [7, 11) is 2.12. The Labute approximate surface area is 216 Å². The minimum Gasteiger partial charge on any atom is -0.657 e. The van der Waals surface area contributed by atoms with E-state index in [1.165, 1.54) is 39.0 Å². The van der Waals surface area contributed by atoms with Crippen molar-refractivity contribution in [3.05, 3.63) is 104 Å². The summed E-state index contributed by atoms with van der Waals surface area (Å²) < 4.78 is 2.24. The van der Waals surface area contributed by atoms with Crippen LogP contribution in [-0.2, 0) is 39.8 Å². The van der Waals surface area contributed by atoms with E-state index in [1.54, 1.807) is 0 Å². The number of rotatable bonds is 0. The van der Waals surface area contributed by atoms with E-state index in [4.69, 9.17) is 0 Å². The summed E-state index contributed by atoms with van der Waals surface area (Å²) in [4.78, 5) is 4.52. The Hall–Kier alpha value is -2.42. The van der Waals surface area contributed by atoms with Crippen LogP contribution in [0.25, 0.3) is 43.6 Å². The van der Waals surface area contributed by atoms with Crippen LogP contribution in [0.5, 0.6) is 0 Å². The summed E-state index contributed by atoms with van der Waals surface area (Å²) in [5, 5.41) is 5.17. The SMILES string of the molecule is CCC.Cn1c2ccccc2c2ccccc21.[CH3-].[Y].c1ccc2c(c1)[n-]c1ccccc12. The maximum atomic E-state index is 4.52. The quantitative estimate of drug-likeness (QED) is 0.195. The molecule has 6 rings (SSSR count). The maximum Gasteiger partial charge on any atom is 0.0488 e. The van der Waals surface area contributed by atoms with Gasteiger partial charge in [-0.15, -0.1) is 11.0 Å². The summed E-state index contributed by atoms with van der Waals surface area (Å²) in [6.45, 7) is 4.25. The molecule has 0 aliphatic rings. The Kier molecular flexibility index (Phi) is 9.69. The van der Waals surface area contributed by atoms with Crippen LogP contribution < -0.4 is 4.98 Å². The first kappa shape index (κ1) is 25.8. The van der Waals surface area contributed by atoms with E-state index < -0.39 is 0 Å². The zero-order valence-electron chi connectivity index (χ0n) is 19.4. The number of benzene rings is 4. The molecule has 3 heteroatoms. The predicted molar refractivity (Wildman–Crippen MR) is 138 cm³/mol. The maximum absolute atomic E-state index is 4.52. The molecule has 161 valence electrons. The number of fused-ring (bicyclic) bond motifs is 6. The first-order valence-corrected chi connectivity index (χ1v) is 10.6. The van der Waals surface area contributed by atoms with Crippen molar-refractivity contribution >= 4 is 43.6 Å². The van der Waals surface area contributed by atoms with Gasteiger partial charge in [0, 0.05) is 61.6 Å². The van der Waals surface area contributed by atoms with Crippen LogP contribution in [0.15, 0.2) is 97.1 Å². The van der Waals surface area contributed by atoms with Crippen molar-refractivity contribution in [3.8, 4) is 0 Å². The molecule has 6 aromatic rings. The fraction of sp³-hybridized carbons (Fsp3) is 0.138. The number of nitrogens with zero attached hydrogens (tertiary/aromatic N) is 2. The third-order valence-corrected chi connectivity index (χ3v) is 5.16. The van der Waals surface area contributed by atoms with E-state index in [0.717, 1.165) is 11.0 Å². The van der Waals surface area contributed by atoms with Gasteiger partial charge in [-0.05, 0) is 22.9 Å². The molecule has 4 aromatic carbocycles. The summed E-state index contributed by atoms with van der Waals surface area (Å²) in [5.74, 6) is 0. The molecular weight excluding hydrogens is 465 g/mol. The van der Waals surface area contributed by atoms with Gasteiger partial charge in [0.1, 0.15) is 0 Å². The fourth-order valence-electron chi connectivity index (χ4n) is 3.85. The van der Waals surface area contributed by atoms with E-state index in [-0.39, 0.29) is 40.1 Å². The molecule has 0 fully saturated rings. The van der Waals surface area contributed by atoms with Gasteiger partial charge >= 0.3 is 0 Å². The van der Waals surface area contributed by atoms with Crippen LogP contribution in [0, 0.1) is 7.43 Å². The largest absolute Gasteiger partial charge is 0.657 e. The van der Waals surface area contributed by atoms with Crippen molar-refractivity contribution in [1.29, 1.82) is 0 Å². The monoisotopic (exact) mass is 495 g/mol. The molecule has 0 saturated heterocycles. The molecular formula is C29H30N2Y-2. The van der Waals surface area contributed by atoms with Crippen molar-refractivity contribution < 1.29 is 32.7 Å². The molecule has 0 bridgehead atoms. The molecule has 2 aromatic heterocycles. The first-order valence-electron chi connectivity index (χ1n) is 10.6. The molecule has 0 atom stereocenters. The second-order valence-electron chi connectivity index (χ2n) is 7.45. The molecule has 0 aliphatic carbocycles. The van der Waals surface area contributed by atoms with Gasteiger partial charge in [0.05, 0.1) is 0 Å². The van der Waals surface area contributed by atoms with Crippen LogP contribution in [0.1, 0.15) is 20.3 Å². The zero-order valence-corrected chi connectivity index (χ0v) is 22.3. The van der Waals surface area contributed by atoms with Crippen LogP contribution >= 0.6 is 0 Å². The molecule has 2 nitrogen and oxygen atoms in total. The Morgan fingerprint density at radius 3 is 1.28 bits per heavy atom. The molecule has 0 amide bonds. The third kappa shape index (κ3) is 5.14. The number of aromatic nitrogens is 2. The van der Waals surface area contributed by atoms with Gasteiger partial charge in [0.2, 0.25) is 0 Å². The molecule has 0 unspecified atom stereocenters. The molecule has 1 radical (unpaired) electrons. The molecule has 0 saturated carbocycles. The second-order valence-corrected chi connectivity index (χ2v) is 7.45. The Balaban J connectivity index is 0.000000192. The van der Waals surface area contributed by atoms with Crippen LogP contribution in [0.2, 0.25) is 0 Å². The molecule has 0 aliphatic heterocycles. The number of hydrogen-bond acceptors (Lipinski definition) is 0. The molecule has 0 N–H and O–H groups in total. The minimum atomic E-state index is 0. The summed E-state index contributed by atoms with van der Waals surface area (Å²) >= 11 is 0. The average Bonchev–Trinajstić information content (AvgIpc) is 3.31. The summed E-state index contributed by atoms with van der Waals surface area (Å²) in [5.41, 5.74) is 4.77. The van der Waals surface area contributed by atoms with Crippen LogP contribution in [0.3, 0.4) is 0 Å². The number of para-hydroxylation sites is 4. The summed E-state index contributed by atoms with van der Waals surface area (Å²) in [6, 6.07) is 33.5. The first-order chi connectivity index (χ1) is 14.7. The fourth-order valence-corrected chi connectivity index (χ4v) is 3.85. The van der Waals surface area contributed by atoms with Gasteiger partial charge in [-0.25, -0.2) is 0 Å². The van der Waals surface area contributed by atoms with Gasteiger partial charge < -0.3 is 17.0 Å². The van der Waals surface area contributed by atoms with Gasteiger partial charge in [0.15, 0.2) is 0 Å². The van der Waals surface area contributed by atoms with Crippen LogP contribution in [0.4, 0.5) is 0 Å². The van der Waals surface area contributed by atoms with E-state index in [2.05, 4.69) is 115 Å². The summed E-state index contributed by atoms with van der Waals surface area (Å²) in [6.07, 6.45) is 1.25. The smallest absolute Gasteiger partial charge is 0.0488 e. The number of aryl methyl sites for hydroxylation is 1. The van der Waals surface area contributed by atoms with Crippen molar-refractivity contribution in [2.45, 2.75) is 20.3 Å². The molecule has 32 heavy (non-hydrogen) atoms. The van der Waals surface area contributed by atoms with Crippen molar-refractivity contribution in [1.82, 2.24) is 9.55 Å². The van der Waals surface area contributed by atoms with Gasteiger partial charge in [0.25, 0.3) is 0 Å². The Morgan fingerprint density at radius 2 is 0.875 bits per heavy atom. The molecule has 2 heterocycles. The zero-order chi connectivity index (χ0) is 20.9. The predicted octanol–water partition coefficient (Wildman–Crippen LogP) is 8.15. The van der Waals surface area contributed by atoms with Crippen molar-refractivity contribution in [2.24, 2.45) is 7.05 Å². The topological polar surface area (TPSA) is 19.0 Å². The van der Waals surface area contributed by atoms with E-state index in [0.29, 0.717) is 0 Å². The van der Waals surface area contributed by atoms with E-state index in [1.807, 2.05) is 12.1 Å². The number of hydrogen-bond donors (Lipinski definition) is 0. The Morgan fingerprint density at radius 1 is 0.562 bits per heavy atom.